The van der Waals surface area contributed by atoms with Gasteiger partial charge in [0, 0.05) is 0 Å². The Morgan fingerprint density at radius 1 is 2.00 bits per heavy atom. The molecular weight excluding hydrogens is 115 g/mol. The van der Waals surface area contributed by atoms with E-state index in [0.29, 0.717) is 0 Å². The predicted octanol–water partition coefficient (Wildman–Crippen LogP) is -0.346. The Labute approximate surface area is 41.0 Å². The first kappa shape index (κ1) is 6.64. The lowest BCUT2D eigenvalue weighted by Crippen LogP contribution is -1.97. The lowest BCUT2D eigenvalue weighted by molar-refractivity contribution is 0.490. The van der Waals surface area contributed by atoms with Crippen molar-refractivity contribution in [1.29, 1.82) is 5.26 Å². The highest BCUT2D eigenvalue weighted by Crippen LogP contribution is 2.35. The summed E-state index contributed by atoms with van der Waals surface area (Å²) in [6.45, 7) is 0. The molecule has 0 bridgehead atoms. The van der Waals surface area contributed by atoms with E-state index in [1.807, 2.05) is 0 Å². The zero-order valence-corrected chi connectivity index (χ0v) is 4.43. The molecule has 0 rings (SSSR count). The molecule has 0 aromatic rings. The van der Waals surface area contributed by atoms with Gasteiger partial charge in [-0.25, -0.2) is 0 Å². The quantitative estimate of drug-likeness (QED) is 0.463. The van der Waals surface area contributed by atoms with E-state index < -0.39 is 13.7 Å². The van der Waals surface area contributed by atoms with Crippen LogP contribution in [0.5, 0.6) is 0 Å². The van der Waals surface area contributed by atoms with Crippen molar-refractivity contribution in [3.63, 3.8) is 0 Å². The van der Waals surface area contributed by atoms with E-state index in [2.05, 4.69) is 5.73 Å². The SMILES string of the molecule is N#CP(=O)(O)CN. The van der Waals surface area contributed by atoms with Gasteiger partial charge in [-0.2, -0.15) is 5.26 Å². The van der Waals surface area contributed by atoms with Crippen molar-refractivity contribution in [3.8, 4) is 5.81 Å². The topological polar surface area (TPSA) is 87.1 Å². The van der Waals surface area contributed by atoms with E-state index in [1.165, 1.54) is 5.81 Å². The number of hydrogen-bond donors (Lipinski definition) is 2. The Morgan fingerprint density at radius 2 is 2.43 bits per heavy atom. The fraction of sp³-hybridized carbons (Fsp3) is 0.500. The van der Waals surface area contributed by atoms with E-state index in [-0.39, 0.29) is 0 Å². The zero-order chi connectivity index (χ0) is 5.91. The highest BCUT2D eigenvalue weighted by molar-refractivity contribution is 7.62. The second-order valence-corrected chi connectivity index (χ2v) is 2.95. The van der Waals surface area contributed by atoms with Crippen LogP contribution in [0, 0.1) is 11.1 Å². The molecule has 0 saturated carbocycles. The van der Waals surface area contributed by atoms with Crippen LogP contribution in [0.3, 0.4) is 0 Å². The van der Waals surface area contributed by atoms with E-state index in [0.717, 1.165) is 0 Å². The van der Waals surface area contributed by atoms with E-state index >= 15 is 0 Å². The van der Waals surface area contributed by atoms with Gasteiger partial charge in [-0.1, -0.05) is 0 Å². The van der Waals surface area contributed by atoms with Crippen molar-refractivity contribution in [2.75, 3.05) is 6.29 Å². The number of nitriles is 1. The molecule has 0 saturated heterocycles. The molecule has 1 unspecified atom stereocenters. The van der Waals surface area contributed by atoms with E-state index in [1.54, 1.807) is 0 Å². The molecule has 0 heterocycles. The molecule has 3 N–H and O–H groups in total. The molecule has 7 heavy (non-hydrogen) atoms. The first-order valence-electron chi connectivity index (χ1n) is 1.55. The van der Waals surface area contributed by atoms with Crippen molar-refractivity contribution in [3.05, 3.63) is 0 Å². The minimum absolute atomic E-state index is 0.455. The van der Waals surface area contributed by atoms with Gasteiger partial charge in [0.05, 0.1) is 6.29 Å². The summed E-state index contributed by atoms with van der Waals surface area (Å²) in [6.07, 6.45) is -0.455. The molecule has 0 aromatic heterocycles. The minimum atomic E-state index is -3.57. The zero-order valence-electron chi connectivity index (χ0n) is 3.53. The maximum Gasteiger partial charge on any atom is 0.310 e. The molecule has 0 aliphatic carbocycles. The third kappa shape index (κ3) is 2.35. The Balaban J connectivity index is 3.94. The smallest absolute Gasteiger partial charge is 0.310 e. The summed E-state index contributed by atoms with van der Waals surface area (Å²) >= 11 is 0. The largest absolute Gasteiger partial charge is 0.333 e. The monoisotopic (exact) mass is 120 g/mol. The fourth-order valence-corrected chi connectivity index (χ4v) is 0.122. The predicted molar refractivity (Wildman–Crippen MR) is 24.5 cm³/mol. The third-order valence-electron chi connectivity index (χ3n) is 0.404. The van der Waals surface area contributed by atoms with E-state index in [9.17, 15) is 4.57 Å². The molecule has 5 heteroatoms. The summed E-state index contributed by atoms with van der Waals surface area (Å²) in [5, 5.41) is 7.75. The van der Waals surface area contributed by atoms with Gasteiger partial charge in [-0.05, 0) is 0 Å². The number of nitrogens with zero attached hydrogens (tertiary/aromatic N) is 1. The summed E-state index contributed by atoms with van der Waals surface area (Å²) in [4.78, 5) is 8.20. The maximum atomic E-state index is 10.0. The summed E-state index contributed by atoms with van der Waals surface area (Å²) < 4.78 is 10.0. The second kappa shape index (κ2) is 2.08. The standard InChI is InChI=1S/C2H5N2O2P/c3-1-7(5,6)2-4/h1,3H2,(H,5,6). The van der Waals surface area contributed by atoms with Crippen LogP contribution < -0.4 is 5.73 Å². The Hall–Kier alpha value is -0.360. The Morgan fingerprint density at radius 3 is 2.43 bits per heavy atom. The molecule has 0 aromatic carbocycles. The first-order valence-corrected chi connectivity index (χ1v) is 3.40. The molecule has 0 radical (unpaired) electrons. The van der Waals surface area contributed by atoms with Gasteiger partial charge in [0.1, 0.15) is 0 Å². The van der Waals surface area contributed by atoms with Crippen molar-refractivity contribution in [2.45, 2.75) is 0 Å². The lowest BCUT2D eigenvalue weighted by Gasteiger charge is -1.90. The van der Waals surface area contributed by atoms with Gasteiger partial charge in [0.2, 0.25) is 0 Å². The van der Waals surface area contributed by atoms with Crippen LogP contribution in [0.15, 0.2) is 0 Å². The van der Waals surface area contributed by atoms with E-state index in [4.69, 9.17) is 10.2 Å². The van der Waals surface area contributed by atoms with Crippen molar-refractivity contribution < 1.29 is 9.46 Å². The summed E-state index contributed by atoms with van der Waals surface area (Å²) in [5.41, 5.74) is 4.68. The average molecular weight is 120 g/mol. The van der Waals surface area contributed by atoms with Crippen LogP contribution in [0.1, 0.15) is 0 Å². The van der Waals surface area contributed by atoms with Crippen molar-refractivity contribution in [2.24, 2.45) is 5.73 Å². The minimum Gasteiger partial charge on any atom is -0.333 e. The van der Waals surface area contributed by atoms with Crippen LogP contribution in [0.4, 0.5) is 0 Å². The Kier molecular flexibility index (Phi) is 1.97. The van der Waals surface area contributed by atoms with Gasteiger partial charge in [-0.3, -0.25) is 4.57 Å². The first-order chi connectivity index (χ1) is 3.12. The van der Waals surface area contributed by atoms with Crippen LogP contribution in [-0.4, -0.2) is 11.2 Å². The van der Waals surface area contributed by atoms with Gasteiger partial charge in [0.25, 0.3) is 0 Å². The summed E-state index contributed by atoms with van der Waals surface area (Å²) in [6, 6.07) is 0. The van der Waals surface area contributed by atoms with Crippen LogP contribution in [0.2, 0.25) is 0 Å². The molecule has 0 aliphatic heterocycles. The molecule has 0 amide bonds. The van der Waals surface area contributed by atoms with Gasteiger partial charge in [0.15, 0.2) is 5.81 Å². The molecule has 40 valence electrons. The average Bonchev–Trinajstić information content (AvgIpc) is 1.68. The molecular formula is C2H5N2O2P. The lowest BCUT2D eigenvalue weighted by atomic mass is 11.5. The molecule has 1 atom stereocenters. The van der Waals surface area contributed by atoms with Gasteiger partial charge < -0.3 is 10.6 Å². The Bertz CT molecular complexity index is 137. The van der Waals surface area contributed by atoms with Crippen LogP contribution >= 0.6 is 7.37 Å². The van der Waals surface area contributed by atoms with Gasteiger partial charge in [-0.15, -0.1) is 0 Å². The highest BCUT2D eigenvalue weighted by atomic mass is 31.2. The molecule has 0 fully saturated rings. The van der Waals surface area contributed by atoms with Crippen molar-refractivity contribution in [1.82, 2.24) is 0 Å². The van der Waals surface area contributed by atoms with Gasteiger partial charge >= 0.3 is 7.37 Å². The van der Waals surface area contributed by atoms with Crippen molar-refractivity contribution >= 4 is 7.37 Å². The van der Waals surface area contributed by atoms with Crippen LogP contribution in [0.25, 0.3) is 0 Å². The number of nitrogens with two attached hydrogens (primary N) is 1. The summed E-state index contributed by atoms with van der Waals surface area (Å²) in [5.74, 6) is 1.18. The number of rotatable bonds is 1. The maximum absolute atomic E-state index is 10.0. The molecule has 0 aliphatic rings. The molecule has 0 spiro atoms. The third-order valence-corrected chi connectivity index (χ3v) is 1.21. The van der Waals surface area contributed by atoms with Crippen LogP contribution in [-0.2, 0) is 4.57 Å². The number of hydrogen-bond acceptors (Lipinski definition) is 3. The second-order valence-electron chi connectivity index (χ2n) is 0.984. The molecule has 4 nitrogen and oxygen atoms in total. The fourth-order valence-electron chi connectivity index (χ4n) is 0.0408. The summed E-state index contributed by atoms with van der Waals surface area (Å²) in [7, 11) is -3.57. The highest BCUT2D eigenvalue weighted by Gasteiger charge is 2.11. The normalized spacial score (nSPS) is 17.3.